The van der Waals surface area contributed by atoms with E-state index in [4.69, 9.17) is 11.6 Å². The lowest BCUT2D eigenvalue weighted by Crippen LogP contribution is -2.33. The fourth-order valence-electron chi connectivity index (χ4n) is 3.68. The van der Waals surface area contributed by atoms with Crippen LogP contribution >= 0.6 is 11.6 Å². The number of anilines is 2. The Hall–Kier alpha value is -4.30. The molecule has 38 heavy (non-hydrogen) atoms. The molecular formula is C29H32ClN5O3. The summed E-state index contributed by atoms with van der Waals surface area (Å²) >= 11 is 6.17. The van der Waals surface area contributed by atoms with E-state index in [0.717, 1.165) is 24.5 Å². The van der Waals surface area contributed by atoms with Gasteiger partial charge in [0, 0.05) is 50.2 Å². The number of phenols is 1. The average Bonchev–Trinajstić information content (AvgIpc) is 2.90. The summed E-state index contributed by atoms with van der Waals surface area (Å²) in [7, 11) is 3.86. The molecular weight excluding hydrogens is 502 g/mol. The minimum Gasteiger partial charge on any atom is -0.507 e. The molecule has 9 heteroatoms. The monoisotopic (exact) mass is 533 g/mol. The second kappa shape index (κ2) is 13.3. The Balaban J connectivity index is 1.82. The molecule has 0 unspecified atom stereocenters. The zero-order valence-corrected chi connectivity index (χ0v) is 22.7. The summed E-state index contributed by atoms with van der Waals surface area (Å²) in [6.45, 7) is 5.70. The Morgan fingerprint density at radius 1 is 0.974 bits per heavy atom. The van der Waals surface area contributed by atoms with Gasteiger partial charge in [0.15, 0.2) is 0 Å². The van der Waals surface area contributed by atoms with Crippen LogP contribution in [0.4, 0.5) is 11.4 Å². The molecule has 0 fully saturated rings. The molecule has 0 bridgehead atoms. The van der Waals surface area contributed by atoms with Gasteiger partial charge in [-0.2, -0.15) is 5.10 Å². The largest absolute Gasteiger partial charge is 0.507 e. The molecule has 0 saturated carbocycles. The molecule has 3 aromatic rings. The minimum absolute atomic E-state index is 0.0224. The Morgan fingerprint density at radius 2 is 1.63 bits per heavy atom. The van der Waals surface area contributed by atoms with Crippen molar-refractivity contribution in [2.75, 3.05) is 37.0 Å². The quantitative estimate of drug-likeness (QED) is 0.196. The summed E-state index contributed by atoms with van der Waals surface area (Å²) in [5.41, 5.74) is 5.66. The zero-order chi connectivity index (χ0) is 27.7. The number of rotatable bonds is 10. The molecule has 2 amide bonds. The van der Waals surface area contributed by atoms with E-state index in [2.05, 4.69) is 20.7 Å². The van der Waals surface area contributed by atoms with Crippen molar-refractivity contribution in [1.82, 2.24) is 10.7 Å². The second-order valence-corrected chi connectivity index (χ2v) is 9.00. The van der Waals surface area contributed by atoms with Gasteiger partial charge in [-0.1, -0.05) is 35.9 Å². The number of hydrogen-bond acceptors (Lipinski definition) is 6. The van der Waals surface area contributed by atoms with Crippen molar-refractivity contribution >= 4 is 47.1 Å². The maximum Gasteiger partial charge on any atom is 0.287 e. The van der Waals surface area contributed by atoms with Gasteiger partial charge < -0.3 is 20.2 Å². The van der Waals surface area contributed by atoms with E-state index in [1.807, 2.05) is 63.2 Å². The van der Waals surface area contributed by atoms with Crippen LogP contribution in [0.25, 0.3) is 6.08 Å². The summed E-state index contributed by atoms with van der Waals surface area (Å²) in [4.78, 5) is 30.0. The van der Waals surface area contributed by atoms with Gasteiger partial charge in [-0.15, -0.1) is 0 Å². The van der Waals surface area contributed by atoms with Crippen LogP contribution in [-0.4, -0.2) is 50.3 Å². The first-order valence-electron chi connectivity index (χ1n) is 12.2. The SMILES string of the molecule is CCN(CC)c1ccc(/C=N/NC(=O)/C(=C/c2ccc(N(C)C)cc2)NC(=O)c2ccccc2Cl)c(O)c1. The first-order chi connectivity index (χ1) is 18.2. The van der Waals surface area contributed by atoms with Crippen molar-refractivity contribution in [3.8, 4) is 5.75 Å². The highest BCUT2D eigenvalue weighted by atomic mass is 35.5. The fraction of sp³-hybridized carbons (Fsp3) is 0.207. The van der Waals surface area contributed by atoms with Gasteiger partial charge in [0.2, 0.25) is 0 Å². The van der Waals surface area contributed by atoms with E-state index in [0.29, 0.717) is 11.1 Å². The third kappa shape index (κ3) is 7.36. The van der Waals surface area contributed by atoms with Crippen molar-refractivity contribution in [1.29, 1.82) is 0 Å². The summed E-state index contributed by atoms with van der Waals surface area (Å²) in [6, 6.07) is 19.3. The normalized spacial score (nSPS) is 11.3. The van der Waals surface area contributed by atoms with Crippen LogP contribution in [0.2, 0.25) is 5.02 Å². The van der Waals surface area contributed by atoms with Gasteiger partial charge in [0.1, 0.15) is 11.4 Å². The van der Waals surface area contributed by atoms with Gasteiger partial charge in [-0.25, -0.2) is 5.43 Å². The standard InChI is InChI=1S/C29H32ClN5O3/c1-5-35(6-2)23-16-13-21(27(36)18-23)19-31-33-29(38)26(17-20-11-14-22(15-12-20)34(3)4)32-28(37)24-9-7-8-10-25(24)30/h7-19,36H,5-6H2,1-4H3,(H,32,37)(H,33,38)/b26-17-,31-19+. The molecule has 0 spiro atoms. The number of benzene rings is 3. The smallest absolute Gasteiger partial charge is 0.287 e. The maximum absolute atomic E-state index is 13.1. The highest BCUT2D eigenvalue weighted by molar-refractivity contribution is 6.34. The maximum atomic E-state index is 13.1. The van der Waals surface area contributed by atoms with Gasteiger partial charge in [0.05, 0.1) is 16.8 Å². The van der Waals surface area contributed by atoms with Gasteiger partial charge in [-0.05, 0) is 61.9 Å². The van der Waals surface area contributed by atoms with E-state index < -0.39 is 11.8 Å². The number of aromatic hydroxyl groups is 1. The number of nitrogens with zero attached hydrogens (tertiary/aromatic N) is 3. The number of hydrazone groups is 1. The van der Waals surface area contributed by atoms with Crippen LogP contribution in [0.15, 0.2) is 77.5 Å². The highest BCUT2D eigenvalue weighted by Crippen LogP contribution is 2.23. The first kappa shape index (κ1) is 28.3. The van der Waals surface area contributed by atoms with Crippen molar-refractivity contribution in [3.05, 3.63) is 94.1 Å². The zero-order valence-electron chi connectivity index (χ0n) is 21.9. The molecule has 0 aliphatic heterocycles. The van der Waals surface area contributed by atoms with E-state index in [9.17, 15) is 14.7 Å². The molecule has 3 rings (SSSR count). The summed E-state index contributed by atoms with van der Waals surface area (Å²) in [5.74, 6) is -1.13. The Bertz CT molecular complexity index is 1330. The molecule has 0 radical (unpaired) electrons. The molecule has 8 nitrogen and oxygen atoms in total. The number of carbonyl (C=O) groups is 2. The molecule has 0 saturated heterocycles. The van der Waals surface area contributed by atoms with Gasteiger partial charge in [-0.3, -0.25) is 9.59 Å². The van der Waals surface area contributed by atoms with Gasteiger partial charge in [0.25, 0.3) is 11.8 Å². The molecule has 198 valence electrons. The van der Waals surface area contributed by atoms with E-state index >= 15 is 0 Å². The van der Waals surface area contributed by atoms with Crippen LogP contribution < -0.4 is 20.5 Å². The molecule has 0 aliphatic rings. The third-order valence-corrected chi connectivity index (χ3v) is 6.17. The molecule has 3 aromatic carbocycles. The number of amides is 2. The lowest BCUT2D eigenvalue weighted by molar-refractivity contribution is -0.117. The summed E-state index contributed by atoms with van der Waals surface area (Å²) in [5, 5.41) is 17.3. The number of phenolic OH excluding ortho intramolecular Hbond substituents is 1. The lowest BCUT2D eigenvalue weighted by Gasteiger charge is -2.21. The third-order valence-electron chi connectivity index (χ3n) is 5.84. The van der Waals surface area contributed by atoms with Crippen LogP contribution in [0.5, 0.6) is 5.75 Å². The Labute approximate surface area is 228 Å². The molecule has 0 aliphatic carbocycles. The predicted octanol–water partition coefficient (Wildman–Crippen LogP) is 4.88. The fourth-order valence-corrected chi connectivity index (χ4v) is 3.90. The second-order valence-electron chi connectivity index (χ2n) is 8.59. The molecule has 0 atom stereocenters. The average molecular weight is 534 g/mol. The molecule has 3 N–H and O–H groups in total. The van der Waals surface area contributed by atoms with E-state index in [1.165, 1.54) is 6.21 Å². The summed E-state index contributed by atoms with van der Waals surface area (Å²) < 4.78 is 0. The highest BCUT2D eigenvalue weighted by Gasteiger charge is 2.16. The summed E-state index contributed by atoms with van der Waals surface area (Å²) in [6.07, 6.45) is 2.90. The van der Waals surface area contributed by atoms with Crippen LogP contribution in [0.1, 0.15) is 35.3 Å². The molecule has 0 aromatic heterocycles. The van der Waals surface area contributed by atoms with Crippen molar-refractivity contribution in [3.63, 3.8) is 0 Å². The number of halogens is 1. The van der Waals surface area contributed by atoms with E-state index in [-0.39, 0.29) is 22.0 Å². The predicted molar refractivity (Wildman–Crippen MR) is 155 cm³/mol. The number of carbonyl (C=O) groups excluding carboxylic acids is 2. The lowest BCUT2D eigenvalue weighted by atomic mass is 10.1. The van der Waals surface area contributed by atoms with Crippen molar-refractivity contribution < 1.29 is 14.7 Å². The van der Waals surface area contributed by atoms with Crippen LogP contribution in [0.3, 0.4) is 0 Å². The minimum atomic E-state index is -0.641. The first-order valence-corrected chi connectivity index (χ1v) is 12.6. The Morgan fingerprint density at radius 3 is 2.24 bits per heavy atom. The Kier molecular flexibility index (Phi) is 9.90. The topological polar surface area (TPSA) is 97.3 Å². The molecule has 0 heterocycles. The van der Waals surface area contributed by atoms with E-state index in [1.54, 1.807) is 42.5 Å². The number of nitrogens with one attached hydrogen (secondary N) is 2. The van der Waals surface area contributed by atoms with Crippen molar-refractivity contribution in [2.45, 2.75) is 13.8 Å². The van der Waals surface area contributed by atoms with Crippen molar-refractivity contribution in [2.24, 2.45) is 5.10 Å². The van der Waals surface area contributed by atoms with Crippen LogP contribution in [-0.2, 0) is 4.79 Å². The van der Waals surface area contributed by atoms with Crippen LogP contribution in [0, 0.1) is 0 Å². The number of hydrogen-bond donors (Lipinski definition) is 3. The van der Waals surface area contributed by atoms with Gasteiger partial charge >= 0.3 is 0 Å².